The monoisotopic (exact) mass is 749 g/mol. The highest BCUT2D eigenvalue weighted by Gasteiger charge is 2.34. The van der Waals surface area contributed by atoms with E-state index in [1.165, 1.54) is 4.90 Å². The number of hydrogen-bond acceptors (Lipinski definition) is 9. The number of amides is 3. The van der Waals surface area contributed by atoms with Crippen LogP contribution in [0.3, 0.4) is 0 Å². The number of nitrogens with one attached hydrogen (secondary N) is 2. The second-order valence-corrected chi connectivity index (χ2v) is 14.8. The zero-order chi connectivity index (χ0) is 39.5. The van der Waals surface area contributed by atoms with E-state index in [0.29, 0.717) is 47.4 Å². The molecule has 12 heteroatoms. The quantitative estimate of drug-likeness (QED) is 0.122. The summed E-state index contributed by atoms with van der Waals surface area (Å²) in [5.41, 5.74) is 8.44. The summed E-state index contributed by atoms with van der Waals surface area (Å²) in [6.45, 7) is 10.9. The van der Waals surface area contributed by atoms with Gasteiger partial charge in [-0.05, 0) is 74.6 Å². The molecular formula is C44H47N9O3. The SMILES string of the molecule is CCCN1C(=O)[C@H](CC(C)C)N=C(c2ccccc2)c2ccc(C(=O)CNc3ccc(C)c(N4Cc5cnc(Nc6ccc(C)nc6)nc5N(C)C4=O)c3)cc21. The maximum Gasteiger partial charge on any atom is 0.330 e. The Morgan fingerprint density at radius 2 is 1.70 bits per heavy atom. The molecule has 0 aliphatic carbocycles. The Morgan fingerprint density at radius 3 is 2.43 bits per heavy atom. The Balaban J connectivity index is 1.11. The van der Waals surface area contributed by atoms with Gasteiger partial charge in [0.05, 0.1) is 42.1 Å². The fraction of sp³-hybridized carbons (Fsp3) is 0.295. The number of hydrogen-bond donors (Lipinski definition) is 2. The Hall–Kier alpha value is -6.43. The number of anilines is 6. The first-order valence-corrected chi connectivity index (χ1v) is 19.1. The summed E-state index contributed by atoms with van der Waals surface area (Å²) in [4.78, 5) is 65.3. The van der Waals surface area contributed by atoms with E-state index in [2.05, 4.69) is 39.4 Å². The molecule has 286 valence electrons. The molecule has 3 amide bonds. The van der Waals surface area contributed by atoms with Crippen LogP contribution < -0.4 is 25.3 Å². The smallest absolute Gasteiger partial charge is 0.330 e. The first-order valence-electron chi connectivity index (χ1n) is 19.1. The van der Waals surface area contributed by atoms with E-state index in [-0.39, 0.29) is 36.7 Å². The van der Waals surface area contributed by atoms with Gasteiger partial charge in [0.25, 0.3) is 5.91 Å². The highest BCUT2D eigenvalue weighted by molar-refractivity contribution is 6.21. The number of urea groups is 1. The van der Waals surface area contributed by atoms with Gasteiger partial charge < -0.3 is 15.5 Å². The molecule has 0 spiro atoms. The van der Waals surface area contributed by atoms with Crippen LogP contribution in [-0.2, 0) is 11.3 Å². The van der Waals surface area contributed by atoms with Gasteiger partial charge in [0.15, 0.2) is 5.78 Å². The summed E-state index contributed by atoms with van der Waals surface area (Å²) in [6.07, 6.45) is 4.83. The molecule has 12 nitrogen and oxygen atoms in total. The van der Waals surface area contributed by atoms with E-state index in [4.69, 9.17) is 4.99 Å². The molecule has 0 fully saturated rings. The lowest BCUT2D eigenvalue weighted by molar-refractivity contribution is -0.120. The van der Waals surface area contributed by atoms with E-state index in [0.717, 1.165) is 45.8 Å². The molecule has 2 aliphatic rings. The van der Waals surface area contributed by atoms with Gasteiger partial charge >= 0.3 is 6.03 Å². The number of fused-ring (bicyclic) bond motifs is 2. The molecular weight excluding hydrogens is 703 g/mol. The molecule has 2 aromatic heterocycles. The Bertz CT molecular complexity index is 2310. The molecule has 1 atom stereocenters. The topological polar surface area (TPSA) is 136 Å². The van der Waals surface area contributed by atoms with Crippen LogP contribution in [-0.4, -0.2) is 64.6 Å². The summed E-state index contributed by atoms with van der Waals surface area (Å²) in [5, 5.41) is 6.45. The van der Waals surface area contributed by atoms with Gasteiger partial charge in [0, 0.05) is 53.4 Å². The fourth-order valence-corrected chi connectivity index (χ4v) is 7.11. The summed E-state index contributed by atoms with van der Waals surface area (Å²) in [6, 6.07) is 24.2. The van der Waals surface area contributed by atoms with Gasteiger partial charge in [-0.3, -0.25) is 29.4 Å². The van der Waals surface area contributed by atoms with Crippen LogP contribution >= 0.6 is 0 Å². The zero-order valence-electron chi connectivity index (χ0n) is 32.7. The minimum absolute atomic E-state index is 0.00935. The third-order valence-corrected chi connectivity index (χ3v) is 10.0. The average Bonchev–Trinajstić information content (AvgIpc) is 3.30. The predicted octanol–water partition coefficient (Wildman–Crippen LogP) is 8.11. The van der Waals surface area contributed by atoms with Crippen LogP contribution in [0.25, 0.3) is 0 Å². The molecule has 4 heterocycles. The lowest BCUT2D eigenvalue weighted by Gasteiger charge is -2.35. The minimum atomic E-state index is -0.524. The molecule has 0 unspecified atom stereocenters. The van der Waals surface area contributed by atoms with Gasteiger partial charge in [0.2, 0.25) is 5.95 Å². The molecule has 5 aromatic rings. The van der Waals surface area contributed by atoms with E-state index < -0.39 is 6.04 Å². The van der Waals surface area contributed by atoms with E-state index >= 15 is 0 Å². The molecule has 0 bridgehead atoms. The van der Waals surface area contributed by atoms with Gasteiger partial charge in [-0.25, -0.2) is 9.78 Å². The van der Waals surface area contributed by atoms with Gasteiger partial charge in [-0.15, -0.1) is 0 Å². The Kier molecular flexibility index (Phi) is 10.9. The van der Waals surface area contributed by atoms with E-state index in [9.17, 15) is 14.4 Å². The minimum Gasteiger partial charge on any atom is -0.378 e. The van der Waals surface area contributed by atoms with Crippen LogP contribution in [0, 0.1) is 19.8 Å². The summed E-state index contributed by atoms with van der Waals surface area (Å²) in [7, 11) is 1.70. The maximum absolute atomic E-state index is 14.1. The van der Waals surface area contributed by atoms with Crippen molar-refractivity contribution >= 4 is 57.9 Å². The molecule has 2 N–H and O–H groups in total. The standard InChI is InChI=1S/C44H47N9O3/c1-7-19-52-38-21-31(15-18-35(38)40(30-11-9-8-10-12-30)49-36(42(52)55)20-27(2)3)39(54)25-46-33-16-13-28(4)37(22-33)53-26-32-23-47-43(50-41(32)51(6)44(53)56)48-34-17-14-29(5)45-24-34/h8-18,21-24,27,36,46H,7,19-20,25-26H2,1-6H3,(H,47,48,50)/t36-/m0/s1. The number of Topliss-reactive ketones (excluding diaryl/α,β-unsaturated/α-hetero) is 1. The summed E-state index contributed by atoms with van der Waals surface area (Å²) >= 11 is 0. The second-order valence-electron chi connectivity index (χ2n) is 14.8. The average molecular weight is 750 g/mol. The van der Waals surface area contributed by atoms with Crippen LogP contribution in [0.15, 0.2) is 96.2 Å². The van der Waals surface area contributed by atoms with Crippen molar-refractivity contribution in [2.24, 2.45) is 10.9 Å². The van der Waals surface area contributed by atoms with Gasteiger partial charge in [-0.2, -0.15) is 4.98 Å². The van der Waals surface area contributed by atoms with Gasteiger partial charge in [0.1, 0.15) is 11.9 Å². The van der Waals surface area contributed by atoms with Crippen molar-refractivity contribution < 1.29 is 14.4 Å². The Morgan fingerprint density at radius 1 is 0.911 bits per heavy atom. The first kappa shape index (κ1) is 37.9. The van der Waals surface area contributed by atoms with Crippen LogP contribution in [0.4, 0.5) is 39.3 Å². The number of carbonyl (C=O) groups is 3. The number of aromatic nitrogens is 3. The largest absolute Gasteiger partial charge is 0.378 e. The number of rotatable bonds is 12. The van der Waals surface area contributed by atoms with Crippen molar-refractivity contribution in [2.45, 2.75) is 60.0 Å². The molecule has 0 radical (unpaired) electrons. The summed E-state index contributed by atoms with van der Waals surface area (Å²) < 4.78 is 0. The molecule has 3 aromatic carbocycles. The molecule has 56 heavy (non-hydrogen) atoms. The zero-order valence-corrected chi connectivity index (χ0v) is 32.7. The number of benzene rings is 3. The lowest BCUT2D eigenvalue weighted by atomic mass is 9.97. The van der Waals surface area contributed by atoms with Crippen LogP contribution in [0.5, 0.6) is 0 Å². The number of ketones is 1. The summed E-state index contributed by atoms with van der Waals surface area (Å²) in [5.74, 6) is 0.988. The van der Waals surface area contributed by atoms with Gasteiger partial charge in [-0.1, -0.05) is 63.2 Å². The maximum atomic E-state index is 14.1. The van der Waals surface area contributed by atoms with Crippen molar-refractivity contribution in [3.8, 4) is 0 Å². The third kappa shape index (κ3) is 7.86. The van der Waals surface area contributed by atoms with E-state index in [1.54, 1.807) is 24.3 Å². The Labute approximate surface area is 327 Å². The number of pyridine rings is 1. The highest BCUT2D eigenvalue weighted by atomic mass is 16.2. The normalized spacial score (nSPS) is 15.3. The van der Waals surface area contributed by atoms with Crippen molar-refractivity contribution in [1.82, 2.24) is 15.0 Å². The number of aryl methyl sites for hydroxylation is 2. The second kappa shape index (κ2) is 16.1. The van der Waals surface area contributed by atoms with Crippen molar-refractivity contribution in [2.75, 3.05) is 45.5 Å². The number of carbonyl (C=O) groups excluding carboxylic acids is 3. The van der Waals surface area contributed by atoms with Crippen LogP contribution in [0.1, 0.15) is 71.9 Å². The van der Waals surface area contributed by atoms with Crippen molar-refractivity contribution in [3.05, 3.63) is 125 Å². The van der Waals surface area contributed by atoms with Crippen LogP contribution in [0.2, 0.25) is 0 Å². The number of aliphatic imine (C=N–C) groups is 1. The van der Waals surface area contributed by atoms with E-state index in [1.807, 2.05) is 105 Å². The molecule has 0 saturated heterocycles. The lowest BCUT2D eigenvalue weighted by Crippen LogP contribution is -2.46. The highest BCUT2D eigenvalue weighted by Crippen LogP contribution is 2.35. The first-order chi connectivity index (χ1) is 27.0. The molecule has 0 saturated carbocycles. The predicted molar refractivity (Wildman–Crippen MR) is 223 cm³/mol. The van der Waals surface area contributed by atoms with Crippen molar-refractivity contribution in [1.29, 1.82) is 0 Å². The third-order valence-electron chi connectivity index (χ3n) is 10.0. The number of benzodiazepines with no additional fused rings is 1. The van der Waals surface area contributed by atoms with Crippen molar-refractivity contribution in [3.63, 3.8) is 0 Å². The molecule has 7 rings (SSSR count). The fourth-order valence-electron chi connectivity index (χ4n) is 7.11. The number of nitrogens with zero attached hydrogens (tertiary/aromatic N) is 7. The molecule has 2 aliphatic heterocycles.